The number of carbonyl (C=O) groups excluding carboxylic acids is 2. The quantitative estimate of drug-likeness (QED) is 0.643. The highest BCUT2D eigenvalue weighted by molar-refractivity contribution is 6.09. The third-order valence-corrected chi connectivity index (χ3v) is 3.79. The maximum absolute atomic E-state index is 12.1. The number of aromatic nitrogens is 2. The fourth-order valence-corrected chi connectivity index (χ4v) is 2.60. The molecule has 0 aliphatic carbocycles. The molecule has 138 valence electrons. The Bertz CT molecular complexity index is 965. The molecule has 0 saturated heterocycles. The van der Waals surface area contributed by atoms with E-state index in [0.717, 1.165) is 5.56 Å². The summed E-state index contributed by atoms with van der Waals surface area (Å²) < 4.78 is 10.5. The van der Waals surface area contributed by atoms with Crippen molar-refractivity contribution in [3.05, 3.63) is 59.4 Å². The average Bonchev–Trinajstić information content (AvgIpc) is 2.99. The van der Waals surface area contributed by atoms with E-state index in [2.05, 4.69) is 15.5 Å². The average molecular weight is 366 g/mol. The lowest BCUT2D eigenvalue weighted by atomic mass is 10.1. The van der Waals surface area contributed by atoms with Crippen molar-refractivity contribution in [3.8, 4) is 11.3 Å². The zero-order valence-corrected chi connectivity index (χ0v) is 14.9. The number of aryl methyl sites for hydroxylation is 1. The van der Waals surface area contributed by atoms with Crippen molar-refractivity contribution < 1.29 is 18.7 Å². The Morgan fingerprint density at radius 1 is 1.11 bits per heavy atom. The maximum atomic E-state index is 12.1. The van der Waals surface area contributed by atoms with Gasteiger partial charge in [0.15, 0.2) is 5.82 Å². The molecule has 2 aromatic heterocycles. The van der Waals surface area contributed by atoms with Crippen molar-refractivity contribution in [1.82, 2.24) is 10.2 Å². The number of nitrogens with one attached hydrogen (secondary N) is 1. The van der Waals surface area contributed by atoms with E-state index in [-0.39, 0.29) is 29.4 Å². The normalized spacial score (nSPS) is 10.4. The van der Waals surface area contributed by atoms with Crippen LogP contribution in [0, 0.1) is 6.92 Å². The van der Waals surface area contributed by atoms with Gasteiger partial charge in [0.05, 0.1) is 12.3 Å². The summed E-state index contributed by atoms with van der Waals surface area (Å²) in [5.41, 5.74) is 6.97. The second-order valence-electron chi connectivity index (χ2n) is 5.62. The highest BCUT2D eigenvalue weighted by atomic mass is 16.5. The zero-order valence-electron chi connectivity index (χ0n) is 14.9. The van der Waals surface area contributed by atoms with Crippen LogP contribution >= 0.6 is 0 Å². The third-order valence-electron chi connectivity index (χ3n) is 3.79. The minimum Gasteiger partial charge on any atom is -0.462 e. The smallest absolute Gasteiger partial charge is 0.342 e. The monoisotopic (exact) mass is 366 g/mol. The summed E-state index contributed by atoms with van der Waals surface area (Å²) in [6.45, 7) is 3.38. The molecule has 0 aliphatic heterocycles. The van der Waals surface area contributed by atoms with Crippen molar-refractivity contribution in [2.24, 2.45) is 5.73 Å². The highest BCUT2D eigenvalue weighted by Crippen LogP contribution is 2.29. The van der Waals surface area contributed by atoms with E-state index in [9.17, 15) is 9.59 Å². The lowest BCUT2D eigenvalue weighted by Gasteiger charge is -2.05. The lowest BCUT2D eigenvalue weighted by Crippen LogP contribution is -2.18. The molecule has 3 aromatic rings. The number of esters is 1. The predicted molar refractivity (Wildman–Crippen MR) is 98.7 cm³/mol. The van der Waals surface area contributed by atoms with Crippen LogP contribution in [0.15, 0.2) is 46.9 Å². The van der Waals surface area contributed by atoms with Crippen molar-refractivity contribution >= 4 is 23.6 Å². The van der Waals surface area contributed by atoms with Gasteiger partial charge in [-0.2, -0.15) is 0 Å². The van der Waals surface area contributed by atoms with E-state index >= 15 is 0 Å². The predicted octanol–water partition coefficient (Wildman–Crippen LogP) is 3.06. The number of hydrogen-bond donors (Lipinski definition) is 2. The molecule has 0 aliphatic rings. The van der Waals surface area contributed by atoms with Crippen LogP contribution in [-0.2, 0) is 4.74 Å². The largest absolute Gasteiger partial charge is 0.462 e. The van der Waals surface area contributed by atoms with E-state index in [1.807, 2.05) is 30.3 Å². The second kappa shape index (κ2) is 7.69. The van der Waals surface area contributed by atoms with Gasteiger partial charge in [-0.1, -0.05) is 30.3 Å². The summed E-state index contributed by atoms with van der Waals surface area (Å²) in [6.07, 6.45) is 0. The molecule has 0 unspecified atom stereocenters. The SMILES string of the molecule is CCOC(=O)c1c(C)oc(Nc2ccc(-c3ccccc3)nn2)c1C(N)=O. The van der Waals surface area contributed by atoms with Gasteiger partial charge in [-0.3, -0.25) is 4.79 Å². The van der Waals surface area contributed by atoms with Crippen LogP contribution < -0.4 is 11.1 Å². The van der Waals surface area contributed by atoms with Crippen LogP contribution in [0.3, 0.4) is 0 Å². The van der Waals surface area contributed by atoms with Crippen molar-refractivity contribution in [2.75, 3.05) is 11.9 Å². The van der Waals surface area contributed by atoms with Gasteiger partial charge in [0, 0.05) is 5.56 Å². The first-order chi connectivity index (χ1) is 13.0. The van der Waals surface area contributed by atoms with Crippen molar-refractivity contribution in [2.45, 2.75) is 13.8 Å². The molecule has 0 spiro atoms. The molecule has 8 heteroatoms. The van der Waals surface area contributed by atoms with Crippen LogP contribution in [0.25, 0.3) is 11.3 Å². The Labute approximate surface area is 155 Å². The molecule has 3 N–H and O–H groups in total. The van der Waals surface area contributed by atoms with Crippen LogP contribution in [0.5, 0.6) is 0 Å². The topological polar surface area (TPSA) is 120 Å². The summed E-state index contributed by atoms with van der Waals surface area (Å²) in [7, 11) is 0. The summed E-state index contributed by atoms with van der Waals surface area (Å²) in [5.74, 6) is -0.915. The number of carbonyl (C=O) groups is 2. The fourth-order valence-electron chi connectivity index (χ4n) is 2.60. The minimum absolute atomic E-state index is 0.000662. The third kappa shape index (κ3) is 3.79. The molecule has 0 radical (unpaired) electrons. The molecule has 0 bridgehead atoms. The number of benzene rings is 1. The van der Waals surface area contributed by atoms with E-state index < -0.39 is 11.9 Å². The van der Waals surface area contributed by atoms with Crippen LogP contribution in [0.1, 0.15) is 33.4 Å². The zero-order chi connectivity index (χ0) is 19.4. The van der Waals surface area contributed by atoms with Gasteiger partial charge >= 0.3 is 5.97 Å². The Morgan fingerprint density at radius 3 is 2.44 bits per heavy atom. The number of ether oxygens (including phenoxy) is 1. The minimum atomic E-state index is -0.814. The van der Waals surface area contributed by atoms with Gasteiger partial charge in [0.2, 0.25) is 5.88 Å². The van der Waals surface area contributed by atoms with Crippen LogP contribution in [0.4, 0.5) is 11.7 Å². The first kappa shape index (κ1) is 18.1. The van der Waals surface area contributed by atoms with Gasteiger partial charge < -0.3 is 20.2 Å². The van der Waals surface area contributed by atoms with E-state index in [1.165, 1.54) is 0 Å². The standard InChI is InChI=1S/C19H18N4O4/c1-3-26-19(25)15-11(2)27-18(16(15)17(20)24)21-14-10-9-13(22-23-14)12-7-5-4-6-8-12/h4-10H,3H2,1-2H3,(H2,20,24)(H,21,23). The number of hydrogen-bond acceptors (Lipinski definition) is 7. The van der Waals surface area contributed by atoms with Gasteiger partial charge in [-0.25, -0.2) is 4.79 Å². The Morgan fingerprint density at radius 2 is 1.85 bits per heavy atom. The molecule has 0 saturated carbocycles. The molecule has 27 heavy (non-hydrogen) atoms. The Balaban J connectivity index is 1.90. The fraction of sp³-hybridized carbons (Fsp3) is 0.158. The van der Waals surface area contributed by atoms with Gasteiger partial charge in [0.25, 0.3) is 5.91 Å². The van der Waals surface area contributed by atoms with Crippen LogP contribution in [0.2, 0.25) is 0 Å². The molecule has 1 aromatic carbocycles. The first-order valence-corrected chi connectivity index (χ1v) is 8.27. The molecule has 0 fully saturated rings. The Kier molecular flexibility index (Phi) is 5.16. The number of furan rings is 1. The Hall–Kier alpha value is -3.68. The van der Waals surface area contributed by atoms with Crippen LogP contribution in [-0.4, -0.2) is 28.7 Å². The van der Waals surface area contributed by atoms with Gasteiger partial charge in [-0.15, -0.1) is 10.2 Å². The summed E-state index contributed by atoms with van der Waals surface area (Å²) in [4.78, 5) is 24.0. The van der Waals surface area contributed by atoms with Gasteiger partial charge in [0.1, 0.15) is 16.9 Å². The summed E-state index contributed by atoms with van der Waals surface area (Å²) >= 11 is 0. The maximum Gasteiger partial charge on any atom is 0.342 e. The van der Waals surface area contributed by atoms with E-state index in [4.69, 9.17) is 14.9 Å². The van der Waals surface area contributed by atoms with E-state index in [1.54, 1.807) is 26.0 Å². The first-order valence-electron chi connectivity index (χ1n) is 8.27. The number of amides is 1. The van der Waals surface area contributed by atoms with E-state index in [0.29, 0.717) is 11.5 Å². The molecule has 3 rings (SSSR count). The highest BCUT2D eigenvalue weighted by Gasteiger charge is 2.28. The number of nitrogens with zero attached hydrogens (tertiary/aromatic N) is 2. The van der Waals surface area contributed by atoms with Gasteiger partial charge in [-0.05, 0) is 26.0 Å². The molecule has 0 atom stereocenters. The summed E-state index contributed by atoms with van der Waals surface area (Å²) in [5, 5.41) is 11.1. The number of nitrogens with two attached hydrogens (primary N) is 1. The molecule has 8 nitrogen and oxygen atoms in total. The molecule has 1 amide bonds. The van der Waals surface area contributed by atoms with Crippen molar-refractivity contribution in [1.29, 1.82) is 0 Å². The molecular formula is C19H18N4O4. The number of anilines is 2. The second-order valence-corrected chi connectivity index (χ2v) is 5.62. The van der Waals surface area contributed by atoms with Crippen molar-refractivity contribution in [3.63, 3.8) is 0 Å². The molecular weight excluding hydrogens is 348 g/mol. The molecule has 2 heterocycles. The number of rotatable bonds is 6. The summed E-state index contributed by atoms with van der Waals surface area (Å²) in [6, 6.07) is 13.0. The number of primary amides is 1. The lowest BCUT2D eigenvalue weighted by molar-refractivity contribution is 0.0521.